The molecule has 0 bridgehead atoms. The van der Waals surface area contributed by atoms with Gasteiger partial charge in [-0.05, 0) is 50.9 Å². The Kier molecular flexibility index (Phi) is 6.21. The summed E-state index contributed by atoms with van der Waals surface area (Å²) in [6.45, 7) is 8.71. The maximum absolute atomic E-state index is 12.1. The number of benzene rings is 1. The summed E-state index contributed by atoms with van der Waals surface area (Å²) in [7, 11) is 0. The Morgan fingerprint density at radius 2 is 2.14 bits per heavy atom. The van der Waals surface area contributed by atoms with E-state index in [1.165, 1.54) is 11.1 Å². The molecule has 1 atom stereocenters. The maximum atomic E-state index is 12.1. The van der Waals surface area contributed by atoms with E-state index >= 15 is 0 Å². The van der Waals surface area contributed by atoms with Crippen LogP contribution in [-0.4, -0.2) is 49.6 Å². The van der Waals surface area contributed by atoms with E-state index in [0.717, 1.165) is 39.0 Å². The van der Waals surface area contributed by atoms with Crippen molar-refractivity contribution < 1.29 is 4.79 Å². The van der Waals surface area contributed by atoms with Gasteiger partial charge in [0.2, 0.25) is 5.91 Å². The van der Waals surface area contributed by atoms with E-state index in [9.17, 15) is 4.79 Å². The highest BCUT2D eigenvalue weighted by Gasteiger charge is 2.14. The van der Waals surface area contributed by atoms with Crippen LogP contribution in [0.5, 0.6) is 0 Å². The van der Waals surface area contributed by atoms with Crippen LogP contribution in [0.15, 0.2) is 24.3 Å². The highest BCUT2D eigenvalue weighted by molar-refractivity contribution is 5.78. The normalized spacial score (nSPS) is 18.0. The average Bonchev–Trinajstić information content (AvgIpc) is 2.69. The van der Waals surface area contributed by atoms with Crippen LogP contribution in [-0.2, 0) is 11.2 Å². The van der Waals surface area contributed by atoms with Crippen LogP contribution in [0.25, 0.3) is 0 Å². The topological polar surface area (TPSA) is 44.4 Å². The lowest BCUT2D eigenvalue weighted by atomic mass is 10.0. The van der Waals surface area contributed by atoms with Crippen molar-refractivity contribution in [1.29, 1.82) is 0 Å². The van der Waals surface area contributed by atoms with Crippen LogP contribution < -0.4 is 10.6 Å². The molecule has 1 amide bonds. The third-order valence-electron chi connectivity index (χ3n) is 3.99. The quantitative estimate of drug-likeness (QED) is 0.860. The van der Waals surface area contributed by atoms with E-state index in [1.807, 2.05) is 0 Å². The zero-order chi connectivity index (χ0) is 15.1. The minimum Gasteiger partial charge on any atom is -0.352 e. The van der Waals surface area contributed by atoms with E-state index in [1.54, 1.807) is 0 Å². The molecule has 0 aliphatic carbocycles. The molecule has 0 spiro atoms. The average molecular weight is 289 g/mol. The molecule has 0 aromatic heterocycles. The number of amides is 1. The molecule has 21 heavy (non-hydrogen) atoms. The molecule has 0 saturated carbocycles. The number of nitrogens with zero attached hydrogens (tertiary/aromatic N) is 1. The molecule has 1 aromatic carbocycles. The van der Waals surface area contributed by atoms with Gasteiger partial charge in [0.1, 0.15) is 0 Å². The molecule has 1 fully saturated rings. The van der Waals surface area contributed by atoms with E-state index in [4.69, 9.17) is 0 Å². The zero-order valence-corrected chi connectivity index (χ0v) is 13.2. The molecule has 2 rings (SSSR count). The molecule has 2 N–H and O–H groups in total. The van der Waals surface area contributed by atoms with Crippen molar-refractivity contribution in [3.63, 3.8) is 0 Å². The third-order valence-corrected chi connectivity index (χ3v) is 3.99. The molecule has 4 nitrogen and oxygen atoms in total. The van der Waals surface area contributed by atoms with Gasteiger partial charge < -0.3 is 10.6 Å². The summed E-state index contributed by atoms with van der Waals surface area (Å²) in [5.41, 5.74) is 2.60. The van der Waals surface area contributed by atoms with Gasteiger partial charge in [-0.2, -0.15) is 0 Å². The van der Waals surface area contributed by atoms with E-state index < -0.39 is 0 Å². The van der Waals surface area contributed by atoms with Gasteiger partial charge in [0.25, 0.3) is 0 Å². The Bertz CT molecular complexity index is 453. The largest absolute Gasteiger partial charge is 0.352 e. The van der Waals surface area contributed by atoms with Gasteiger partial charge in [0.15, 0.2) is 0 Å². The van der Waals surface area contributed by atoms with Gasteiger partial charge in [-0.15, -0.1) is 0 Å². The first-order valence-corrected chi connectivity index (χ1v) is 7.92. The number of hydrogen-bond donors (Lipinski definition) is 2. The van der Waals surface area contributed by atoms with Crippen LogP contribution in [0.1, 0.15) is 24.5 Å². The standard InChI is InChI=1S/C17H27N3O/c1-14-6-3-4-7-16(14)12-15(2)19-17(21)13-20-10-5-8-18-9-11-20/h3-4,6-7,15,18H,5,8-13H2,1-2H3,(H,19,21). The Hall–Kier alpha value is -1.39. The molecule has 1 aromatic rings. The van der Waals surface area contributed by atoms with Crippen molar-refractivity contribution in [3.8, 4) is 0 Å². The van der Waals surface area contributed by atoms with Crippen molar-refractivity contribution in [2.24, 2.45) is 0 Å². The van der Waals surface area contributed by atoms with Crippen molar-refractivity contribution in [2.45, 2.75) is 32.7 Å². The molecule has 116 valence electrons. The van der Waals surface area contributed by atoms with Crippen molar-refractivity contribution in [2.75, 3.05) is 32.7 Å². The first-order valence-electron chi connectivity index (χ1n) is 7.92. The summed E-state index contributed by atoms with van der Waals surface area (Å²) in [5.74, 6) is 0.137. The second-order valence-electron chi connectivity index (χ2n) is 5.98. The van der Waals surface area contributed by atoms with Crippen LogP contribution in [0, 0.1) is 6.92 Å². The van der Waals surface area contributed by atoms with Gasteiger partial charge in [-0.25, -0.2) is 0 Å². The number of rotatable bonds is 5. The lowest BCUT2D eigenvalue weighted by Crippen LogP contribution is -2.42. The highest BCUT2D eigenvalue weighted by atomic mass is 16.2. The second-order valence-corrected chi connectivity index (χ2v) is 5.98. The number of nitrogens with one attached hydrogen (secondary N) is 2. The van der Waals surface area contributed by atoms with Crippen LogP contribution in [0.2, 0.25) is 0 Å². The molecule has 1 aliphatic rings. The van der Waals surface area contributed by atoms with E-state index in [0.29, 0.717) is 6.54 Å². The first-order chi connectivity index (χ1) is 10.1. The summed E-state index contributed by atoms with van der Waals surface area (Å²) in [6.07, 6.45) is 2.01. The molecule has 4 heteroatoms. The van der Waals surface area contributed by atoms with Gasteiger partial charge in [-0.1, -0.05) is 24.3 Å². The number of aryl methyl sites for hydroxylation is 1. The van der Waals surface area contributed by atoms with Crippen LogP contribution in [0.3, 0.4) is 0 Å². The smallest absolute Gasteiger partial charge is 0.234 e. The van der Waals surface area contributed by atoms with Gasteiger partial charge in [-0.3, -0.25) is 9.69 Å². The Balaban J connectivity index is 1.77. The van der Waals surface area contributed by atoms with Gasteiger partial charge in [0.05, 0.1) is 6.54 Å². The molecule has 1 aliphatic heterocycles. The number of hydrogen-bond acceptors (Lipinski definition) is 3. The maximum Gasteiger partial charge on any atom is 0.234 e. The van der Waals surface area contributed by atoms with Gasteiger partial charge in [0, 0.05) is 19.1 Å². The van der Waals surface area contributed by atoms with Crippen molar-refractivity contribution in [1.82, 2.24) is 15.5 Å². The van der Waals surface area contributed by atoms with Gasteiger partial charge >= 0.3 is 0 Å². The summed E-state index contributed by atoms with van der Waals surface area (Å²) in [6, 6.07) is 8.53. The predicted molar refractivity (Wildman–Crippen MR) is 86.4 cm³/mol. The molecule has 1 heterocycles. The second kappa shape index (κ2) is 8.15. The fourth-order valence-electron chi connectivity index (χ4n) is 2.80. The summed E-state index contributed by atoms with van der Waals surface area (Å²) in [5, 5.41) is 6.48. The van der Waals surface area contributed by atoms with Crippen LogP contribution in [0.4, 0.5) is 0 Å². The molecule has 0 radical (unpaired) electrons. The number of carbonyl (C=O) groups excluding carboxylic acids is 1. The van der Waals surface area contributed by atoms with E-state index in [-0.39, 0.29) is 11.9 Å². The molecule has 1 saturated heterocycles. The molecular formula is C17H27N3O. The van der Waals surface area contributed by atoms with Crippen molar-refractivity contribution in [3.05, 3.63) is 35.4 Å². The lowest BCUT2D eigenvalue weighted by molar-refractivity contribution is -0.122. The summed E-state index contributed by atoms with van der Waals surface area (Å²) >= 11 is 0. The lowest BCUT2D eigenvalue weighted by Gasteiger charge is -2.21. The Labute approximate surface area is 127 Å². The Morgan fingerprint density at radius 3 is 2.95 bits per heavy atom. The predicted octanol–water partition coefficient (Wildman–Crippen LogP) is 1.34. The highest BCUT2D eigenvalue weighted by Crippen LogP contribution is 2.09. The number of carbonyl (C=O) groups is 1. The summed E-state index contributed by atoms with van der Waals surface area (Å²) < 4.78 is 0. The molecule has 1 unspecified atom stereocenters. The van der Waals surface area contributed by atoms with Crippen LogP contribution >= 0.6 is 0 Å². The van der Waals surface area contributed by atoms with E-state index in [2.05, 4.69) is 53.6 Å². The minimum absolute atomic E-state index is 0.137. The first kappa shape index (κ1) is 16.0. The minimum atomic E-state index is 0.137. The fourth-order valence-corrected chi connectivity index (χ4v) is 2.80. The zero-order valence-electron chi connectivity index (χ0n) is 13.2. The SMILES string of the molecule is Cc1ccccc1CC(C)NC(=O)CN1CCCNCC1. The van der Waals surface area contributed by atoms with Crippen molar-refractivity contribution >= 4 is 5.91 Å². The fraction of sp³-hybridized carbons (Fsp3) is 0.588. The molecular weight excluding hydrogens is 262 g/mol. The third kappa shape index (κ3) is 5.48. The summed E-state index contributed by atoms with van der Waals surface area (Å²) in [4.78, 5) is 14.4. The monoisotopic (exact) mass is 289 g/mol. The Morgan fingerprint density at radius 1 is 1.33 bits per heavy atom.